The summed E-state index contributed by atoms with van der Waals surface area (Å²) in [6.45, 7) is 5.51. The molecule has 0 saturated carbocycles. The summed E-state index contributed by atoms with van der Waals surface area (Å²) in [6, 6.07) is -1.47. The molecule has 0 aromatic heterocycles. The van der Waals surface area contributed by atoms with Gasteiger partial charge in [0.1, 0.15) is 6.04 Å². The Kier molecular flexibility index (Phi) is 6.72. The van der Waals surface area contributed by atoms with E-state index in [1.807, 2.05) is 6.92 Å². The van der Waals surface area contributed by atoms with Crippen molar-refractivity contribution in [2.75, 3.05) is 0 Å². The fraction of sp³-hybridized carbons (Fsp3) is 0.818. The van der Waals surface area contributed by atoms with Crippen LogP contribution in [0.1, 0.15) is 40.0 Å². The van der Waals surface area contributed by atoms with E-state index >= 15 is 0 Å². The minimum absolute atomic E-state index is 0.153. The summed E-state index contributed by atoms with van der Waals surface area (Å²) in [5.41, 5.74) is 5.65. The largest absolute Gasteiger partial charge is 0.480 e. The Balaban J connectivity index is 4.24. The molecule has 0 radical (unpaired) electrons. The van der Waals surface area contributed by atoms with E-state index in [1.165, 1.54) is 0 Å². The van der Waals surface area contributed by atoms with Crippen LogP contribution in [0.3, 0.4) is 0 Å². The van der Waals surface area contributed by atoms with Crippen LogP contribution >= 0.6 is 0 Å². The van der Waals surface area contributed by atoms with Crippen molar-refractivity contribution in [3.05, 3.63) is 0 Å². The summed E-state index contributed by atoms with van der Waals surface area (Å²) >= 11 is 0. The number of unbranched alkanes of at least 4 members (excludes halogenated alkanes) is 1. The van der Waals surface area contributed by atoms with Gasteiger partial charge in [-0.1, -0.05) is 33.6 Å². The molecule has 0 aromatic rings. The van der Waals surface area contributed by atoms with E-state index in [4.69, 9.17) is 10.8 Å². The molecule has 5 heteroatoms. The van der Waals surface area contributed by atoms with Crippen LogP contribution < -0.4 is 11.1 Å². The zero-order valence-electron chi connectivity index (χ0n) is 10.2. The van der Waals surface area contributed by atoms with Crippen LogP contribution in [-0.2, 0) is 9.59 Å². The highest BCUT2D eigenvalue weighted by Gasteiger charge is 2.25. The topological polar surface area (TPSA) is 92.4 Å². The summed E-state index contributed by atoms with van der Waals surface area (Å²) < 4.78 is 0. The zero-order valence-corrected chi connectivity index (χ0v) is 10.2. The Morgan fingerprint density at radius 3 is 2.31 bits per heavy atom. The van der Waals surface area contributed by atoms with Crippen molar-refractivity contribution in [1.82, 2.24) is 5.32 Å². The van der Waals surface area contributed by atoms with E-state index < -0.39 is 18.1 Å². The van der Waals surface area contributed by atoms with Crippen LogP contribution in [0, 0.1) is 5.92 Å². The summed E-state index contributed by atoms with van der Waals surface area (Å²) in [4.78, 5) is 22.4. The normalized spacial score (nSPS) is 14.6. The first kappa shape index (κ1) is 14.9. The second-order valence-corrected chi connectivity index (χ2v) is 4.32. The van der Waals surface area contributed by atoms with Crippen LogP contribution in [0.4, 0.5) is 0 Å². The number of carboxylic acids is 1. The molecule has 0 unspecified atom stereocenters. The molecule has 0 aliphatic carbocycles. The van der Waals surface area contributed by atoms with Crippen molar-refractivity contribution in [2.24, 2.45) is 11.7 Å². The molecular formula is C11H22N2O3. The molecular weight excluding hydrogens is 208 g/mol. The summed E-state index contributed by atoms with van der Waals surface area (Å²) in [7, 11) is 0. The number of hydrogen-bond acceptors (Lipinski definition) is 3. The maximum absolute atomic E-state index is 11.6. The standard InChI is InChI=1S/C11H22N2O3/c1-4-5-6-8(12)10(14)13-9(7(2)3)11(15)16/h7-9H,4-6,12H2,1-3H3,(H,13,14)(H,15,16)/t8-,9+/m0/s1. The third-order valence-electron chi connectivity index (χ3n) is 2.44. The van der Waals surface area contributed by atoms with Crippen molar-refractivity contribution in [3.8, 4) is 0 Å². The van der Waals surface area contributed by atoms with Gasteiger partial charge in [-0.25, -0.2) is 4.79 Å². The molecule has 16 heavy (non-hydrogen) atoms. The number of nitrogens with two attached hydrogens (primary N) is 1. The Morgan fingerprint density at radius 2 is 1.94 bits per heavy atom. The van der Waals surface area contributed by atoms with Gasteiger partial charge >= 0.3 is 5.97 Å². The van der Waals surface area contributed by atoms with Gasteiger partial charge < -0.3 is 16.2 Å². The SMILES string of the molecule is CCCC[C@H](N)C(=O)N[C@@H](C(=O)O)C(C)C. The summed E-state index contributed by atoms with van der Waals surface area (Å²) in [6.07, 6.45) is 2.42. The lowest BCUT2D eigenvalue weighted by molar-refractivity contribution is -0.143. The number of hydrogen-bond donors (Lipinski definition) is 3. The molecule has 0 rings (SSSR count). The van der Waals surface area contributed by atoms with Gasteiger partial charge in [0.05, 0.1) is 6.04 Å². The average molecular weight is 230 g/mol. The monoisotopic (exact) mass is 230 g/mol. The van der Waals surface area contributed by atoms with Gasteiger partial charge in [0.15, 0.2) is 0 Å². The van der Waals surface area contributed by atoms with E-state index in [9.17, 15) is 9.59 Å². The van der Waals surface area contributed by atoms with Gasteiger partial charge in [0.2, 0.25) is 5.91 Å². The smallest absolute Gasteiger partial charge is 0.326 e. The number of carbonyl (C=O) groups is 2. The number of carboxylic acid groups (broad SMARTS) is 1. The number of rotatable bonds is 7. The first-order valence-corrected chi connectivity index (χ1v) is 5.68. The third-order valence-corrected chi connectivity index (χ3v) is 2.44. The molecule has 1 amide bonds. The lowest BCUT2D eigenvalue weighted by Crippen LogP contribution is -2.50. The Morgan fingerprint density at radius 1 is 1.38 bits per heavy atom. The van der Waals surface area contributed by atoms with Crippen molar-refractivity contribution in [3.63, 3.8) is 0 Å². The first-order chi connectivity index (χ1) is 7.40. The summed E-state index contributed by atoms with van der Waals surface area (Å²) in [5.74, 6) is -1.56. The number of carbonyl (C=O) groups excluding carboxylic acids is 1. The Hall–Kier alpha value is -1.10. The maximum Gasteiger partial charge on any atom is 0.326 e. The number of nitrogens with one attached hydrogen (secondary N) is 1. The molecule has 0 bridgehead atoms. The van der Waals surface area contributed by atoms with E-state index in [-0.39, 0.29) is 11.8 Å². The molecule has 0 fully saturated rings. The third kappa shape index (κ3) is 5.11. The van der Waals surface area contributed by atoms with Gasteiger partial charge in [-0.2, -0.15) is 0 Å². The predicted octanol–water partition coefficient (Wildman–Crippen LogP) is 0.729. The molecule has 94 valence electrons. The molecule has 0 spiro atoms. The van der Waals surface area contributed by atoms with Crippen LogP contribution in [0.25, 0.3) is 0 Å². The second-order valence-electron chi connectivity index (χ2n) is 4.32. The zero-order chi connectivity index (χ0) is 12.7. The fourth-order valence-corrected chi connectivity index (χ4v) is 1.33. The molecule has 5 nitrogen and oxygen atoms in total. The lowest BCUT2D eigenvalue weighted by Gasteiger charge is -2.20. The Labute approximate surface area is 96.4 Å². The van der Waals surface area contributed by atoms with Crippen LogP contribution in [0.5, 0.6) is 0 Å². The molecule has 4 N–H and O–H groups in total. The van der Waals surface area contributed by atoms with Gasteiger partial charge in [-0.15, -0.1) is 0 Å². The molecule has 2 atom stereocenters. The van der Waals surface area contributed by atoms with Gasteiger partial charge in [-0.3, -0.25) is 4.79 Å². The van der Waals surface area contributed by atoms with Crippen LogP contribution in [-0.4, -0.2) is 29.1 Å². The summed E-state index contributed by atoms with van der Waals surface area (Å²) in [5, 5.41) is 11.4. The predicted molar refractivity (Wildman–Crippen MR) is 61.9 cm³/mol. The van der Waals surface area contributed by atoms with E-state index in [1.54, 1.807) is 13.8 Å². The fourth-order valence-electron chi connectivity index (χ4n) is 1.33. The van der Waals surface area contributed by atoms with Crippen molar-refractivity contribution in [2.45, 2.75) is 52.1 Å². The van der Waals surface area contributed by atoms with Crippen LogP contribution in [0.15, 0.2) is 0 Å². The number of aliphatic carboxylic acids is 1. The highest BCUT2D eigenvalue weighted by molar-refractivity contribution is 5.86. The van der Waals surface area contributed by atoms with E-state index in [0.717, 1.165) is 12.8 Å². The average Bonchev–Trinajstić information content (AvgIpc) is 2.20. The molecule has 0 saturated heterocycles. The number of amides is 1. The maximum atomic E-state index is 11.6. The van der Waals surface area contributed by atoms with E-state index in [2.05, 4.69) is 5.32 Å². The van der Waals surface area contributed by atoms with Crippen molar-refractivity contribution < 1.29 is 14.7 Å². The second kappa shape index (κ2) is 7.22. The first-order valence-electron chi connectivity index (χ1n) is 5.68. The minimum atomic E-state index is -1.02. The minimum Gasteiger partial charge on any atom is -0.480 e. The highest BCUT2D eigenvalue weighted by Crippen LogP contribution is 2.04. The Bertz CT molecular complexity index is 241. The highest BCUT2D eigenvalue weighted by atomic mass is 16.4. The molecule has 0 aliphatic rings. The quantitative estimate of drug-likeness (QED) is 0.601. The molecule has 0 heterocycles. The van der Waals surface area contributed by atoms with Crippen molar-refractivity contribution >= 4 is 11.9 Å². The lowest BCUT2D eigenvalue weighted by atomic mass is 10.0. The van der Waals surface area contributed by atoms with Gasteiger partial charge in [-0.05, 0) is 12.3 Å². The van der Waals surface area contributed by atoms with Crippen molar-refractivity contribution in [1.29, 1.82) is 0 Å². The van der Waals surface area contributed by atoms with Gasteiger partial charge in [0.25, 0.3) is 0 Å². The van der Waals surface area contributed by atoms with Gasteiger partial charge in [0, 0.05) is 0 Å². The molecule has 0 aliphatic heterocycles. The van der Waals surface area contributed by atoms with E-state index in [0.29, 0.717) is 6.42 Å². The molecule has 0 aromatic carbocycles. The van der Waals surface area contributed by atoms with Crippen LogP contribution in [0.2, 0.25) is 0 Å².